The van der Waals surface area contributed by atoms with Crippen LogP contribution in [0.1, 0.15) is 26.7 Å². The zero-order chi connectivity index (χ0) is 16.7. The maximum atomic E-state index is 10.4. The maximum Gasteiger partial charge on any atom is 0.303 e. The molecule has 2 rings (SSSR count). The number of carbonyl (C=O) groups is 1. The van der Waals surface area contributed by atoms with Crippen LogP contribution >= 0.6 is 11.8 Å². The Morgan fingerprint density at radius 2 is 1.96 bits per heavy atom. The Balaban J connectivity index is 1.97. The molecule has 2 aromatic rings. The summed E-state index contributed by atoms with van der Waals surface area (Å²) in [4.78, 5) is 15.1. The molecular weight excluding hydrogens is 310 g/mol. The zero-order valence-electron chi connectivity index (χ0n) is 13.4. The average Bonchev–Trinajstić information content (AvgIpc) is 2.52. The Morgan fingerprint density at radius 3 is 2.61 bits per heavy atom. The summed E-state index contributed by atoms with van der Waals surface area (Å²) >= 11 is 1.74. The highest BCUT2D eigenvalue weighted by Crippen LogP contribution is 2.25. The van der Waals surface area contributed by atoms with E-state index in [4.69, 9.17) is 9.84 Å². The molecule has 0 amide bonds. The molecule has 0 bridgehead atoms. The van der Waals surface area contributed by atoms with Crippen molar-refractivity contribution in [1.82, 2.24) is 4.98 Å². The third kappa shape index (κ3) is 5.94. The monoisotopic (exact) mass is 331 g/mol. The number of aliphatic carboxylic acids is 1. The molecule has 0 fully saturated rings. The lowest BCUT2D eigenvalue weighted by Crippen LogP contribution is -2.01. The van der Waals surface area contributed by atoms with Crippen LogP contribution in [-0.2, 0) is 4.79 Å². The maximum absolute atomic E-state index is 10.4. The van der Waals surface area contributed by atoms with Gasteiger partial charge in [-0.3, -0.25) is 4.79 Å². The molecule has 122 valence electrons. The lowest BCUT2D eigenvalue weighted by molar-refractivity contribution is -0.137. The van der Waals surface area contributed by atoms with Gasteiger partial charge in [0, 0.05) is 17.2 Å². The number of hydrogen-bond acceptors (Lipinski definition) is 4. The van der Waals surface area contributed by atoms with E-state index in [1.807, 2.05) is 42.5 Å². The van der Waals surface area contributed by atoms with Gasteiger partial charge < -0.3 is 9.84 Å². The molecule has 0 radical (unpaired) electrons. The van der Waals surface area contributed by atoms with Gasteiger partial charge in [0.05, 0.1) is 17.3 Å². The molecule has 5 heteroatoms. The normalized spacial score (nSPS) is 10.7. The molecule has 0 aliphatic rings. The quantitative estimate of drug-likeness (QED) is 0.570. The van der Waals surface area contributed by atoms with E-state index in [0.717, 1.165) is 22.0 Å². The van der Waals surface area contributed by atoms with Crippen LogP contribution in [0.15, 0.2) is 47.5 Å². The summed E-state index contributed by atoms with van der Waals surface area (Å²) in [6, 6.07) is 13.8. The van der Waals surface area contributed by atoms with E-state index in [1.165, 1.54) is 0 Å². The molecule has 1 aromatic heterocycles. The van der Waals surface area contributed by atoms with Gasteiger partial charge in [0.15, 0.2) is 0 Å². The molecule has 23 heavy (non-hydrogen) atoms. The van der Waals surface area contributed by atoms with E-state index in [2.05, 4.69) is 18.8 Å². The minimum Gasteiger partial charge on any atom is -0.494 e. The molecule has 0 unspecified atom stereocenters. The van der Waals surface area contributed by atoms with Crippen molar-refractivity contribution in [1.29, 1.82) is 0 Å². The van der Waals surface area contributed by atoms with Gasteiger partial charge in [0.2, 0.25) is 0 Å². The molecule has 0 atom stereocenters. The van der Waals surface area contributed by atoms with Crippen LogP contribution in [0.5, 0.6) is 5.75 Å². The number of rotatable bonds is 8. The first-order valence-corrected chi connectivity index (χ1v) is 8.51. The summed E-state index contributed by atoms with van der Waals surface area (Å²) in [7, 11) is 0. The standard InChI is InChI=1S/C18H21NO3S/c1-13(2)23-17-6-3-5-16(19-17)14-8-10-15(11-9-14)22-12-4-7-18(20)21/h3,5-6,8-11,13H,4,7,12H2,1-2H3,(H,20,21). The first kappa shape index (κ1) is 17.3. The van der Waals surface area contributed by atoms with E-state index in [9.17, 15) is 4.79 Å². The molecular formula is C18H21NO3S. The first-order valence-electron chi connectivity index (χ1n) is 7.63. The van der Waals surface area contributed by atoms with E-state index in [1.54, 1.807) is 11.8 Å². The van der Waals surface area contributed by atoms with Gasteiger partial charge in [-0.15, -0.1) is 11.8 Å². The van der Waals surface area contributed by atoms with Crippen molar-refractivity contribution < 1.29 is 14.6 Å². The lowest BCUT2D eigenvalue weighted by atomic mass is 10.1. The molecule has 1 N–H and O–H groups in total. The summed E-state index contributed by atoms with van der Waals surface area (Å²) in [6.07, 6.45) is 0.634. The number of aromatic nitrogens is 1. The topological polar surface area (TPSA) is 59.4 Å². The van der Waals surface area contributed by atoms with Gasteiger partial charge in [-0.05, 0) is 42.8 Å². The van der Waals surface area contributed by atoms with Gasteiger partial charge in [0.25, 0.3) is 0 Å². The third-order valence-corrected chi connectivity index (χ3v) is 3.97. The highest BCUT2D eigenvalue weighted by molar-refractivity contribution is 7.99. The van der Waals surface area contributed by atoms with Crippen molar-refractivity contribution in [2.75, 3.05) is 6.61 Å². The van der Waals surface area contributed by atoms with Gasteiger partial charge in [-0.25, -0.2) is 4.98 Å². The van der Waals surface area contributed by atoms with E-state index >= 15 is 0 Å². The van der Waals surface area contributed by atoms with Crippen LogP contribution in [0.4, 0.5) is 0 Å². The largest absolute Gasteiger partial charge is 0.494 e. The first-order chi connectivity index (χ1) is 11.0. The molecule has 0 aliphatic carbocycles. The Morgan fingerprint density at radius 1 is 1.22 bits per heavy atom. The summed E-state index contributed by atoms with van der Waals surface area (Å²) in [6.45, 7) is 4.70. The minimum atomic E-state index is -0.797. The van der Waals surface area contributed by atoms with Crippen molar-refractivity contribution in [3.05, 3.63) is 42.5 Å². The zero-order valence-corrected chi connectivity index (χ0v) is 14.2. The predicted molar refractivity (Wildman–Crippen MR) is 93.0 cm³/mol. The summed E-state index contributed by atoms with van der Waals surface area (Å²) in [5.74, 6) is -0.0546. The van der Waals surface area contributed by atoms with Crippen LogP contribution in [0.25, 0.3) is 11.3 Å². The Labute approximate surface area is 140 Å². The molecule has 1 heterocycles. The van der Waals surface area contributed by atoms with Crippen molar-refractivity contribution in [3.63, 3.8) is 0 Å². The molecule has 0 saturated carbocycles. The van der Waals surface area contributed by atoms with Crippen molar-refractivity contribution in [2.24, 2.45) is 0 Å². The van der Waals surface area contributed by atoms with Crippen LogP contribution in [-0.4, -0.2) is 27.9 Å². The lowest BCUT2D eigenvalue weighted by Gasteiger charge is -2.08. The van der Waals surface area contributed by atoms with Gasteiger partial charge in [-0.2, -0.15) is 0 Å². The van der Waals surface area contributed by atoms with Crippen molar-refractivity contribution >= 4 is 17.7 Å². The number of carboxylic acid groups (broad SMARTS) is 1. The second-order valence-corrected chi connectivity index (χ2v) is 6.99. The van der Waals surface area contributed by atoms with Crippen LogP contribution in [0.3, 0.4) is 0 Å². The molecule has 1 aromatic carbocycles. The number of benzene rings is 1. The SMILES string of the molecule is CC(C)Sc1cccc(-c2ccc(OCCCC(=O)O)cc2)n1. The van der Waals surface area contributed by atoms with E-state index in [0.29, 0.717) is 18.3 Å². The van der Waals surface area contributed by atoms with E-state index < -0.39 is 5.97 Å². The van der Waals surface area contributed by atoms with Gasteiger partial charge in [-0.1, -0.05) is 19.9 Å². The van der Waals surface area contributed by atoms with Crippen LogP contribution in [0, 0.1) is 0 Å². The molecule has 0 aliphatic heterocycles. The Hall–Kier alpha value is -2.01. The fraction of sp³-hybridized carbons (Fsp3) is 0.333. The third-order valence-electron chi connectivity index (χ3n) is 3.03. The molecule has 0 saturated heterocycles. The van der Waals surface area contributed by atoms with Crippen molar-refractivity contribution in [3.8, 4) is 17.0 Å². The predicted octanol–water partition coefficient (Wildman–Crippen LogP) is 4.49. The Kier molecular flexibility index (Phi) is 6.47. The number of carboxylic acids is 1. The van der Waals surface area contributed by atoms with Gasteiger partial charge >= 0.3 is 5.97 Å². The fourth-order valence-corrected chi connectivity index (χ4v) is 2.81. The summed E-state index contributed by atoms with van der Waals surface area (Å²) < 4.78 is 5.54. The smallest absolute Gasteiger partial charge is 0.303 e. The van der Waals surface area contributed by atoms with E-state index in [-0.39, 0.29) is 6.42 Å². The minimum absolute atomic E-state index is 0.127. The number of ether oxygens (including phenoxy) is 1. The Bertz CT molecular complexity index is 641. The number of thioether (sulfide) groups is 1. The highest BCUT2D eigenvalue weighted by atomic mass is 32.2. The number of nitrogens with zero attached hydrogens (tertiary/aromatic N) is 1. The number of pyridine rings is 1. The van der Waals surface area contributed by atoms with Gasteiger partial charge in [0.1, 0.15) is 5.75 Å². The highest BCUT2D eigenvalue weighted by Gasteiger charge is 2.04. The molecule has 0 spiro atoms. The van der Waals surface area contributed by atoms with Crippen LogP contribution in [0.2, 0.25) is 0 Å². The number of hydrogen-bond donors (Lipinski definition) is 1. The molecule has 4 nitrogen and oxygen atoms in total. The second kappa shape index (κ2) is 8.58. The second-order valence-electron chi connectivity index (χ2n) is 5.40. The summed E-state index contributed by atoms with van der Waals surface area (Å²) in [5, 5.41) is 10.1. The van der Waals surface area contributed by atoms with Crippen LogP contribution < -0.4 is 4.74 Å². The fourth-order valence-electron chi connectivity index (χ4n) is 2.02. The average molecular weight is 331 g/mol. The summed E-state index contributed by atoms with van der Waals surface area (Å²) in [5.41, 5.74) is 1.97. The van der Waals surface area contributed by atoms with Crippen molar-refractivity contribution in [2.45, 2.75) is 37.0 Å².